The average molecular weight is 643 g/mol. The fourth-order valence-corrected chi connectivity index (χ4v) is 8.75. The molecule has 4 aromatic rings. The number of nitrogens with one attached hydrogen (secondary N) is 1. The molecule has 2 aromatic carbocycles. The van der Waals surface area contributed by atoms with Gasteiger partial charge in [0.1, 0.15) is 17.0 Å². The highest BCUT2D eigenvalue weighted by Gasteiger charge is 2.62. The van der Waals surface area contributed by atoms with Gasteiger partial charge in [0.2, 0.25) is 5.52 Å². The lowest BCUT2D eigenvalue weighted by Gasteiger charge is -2.59. The minimum atomic E-state index is -1.33. The number of halogens is 1. The number of pyridine rings is 1. The molecule has 0 unspecified atom stereocenters. The summed E-state index contributed by atoms with van der Waals surface area (Å²) in [5, 5.41) is 32.3. The molecular formula is C35H35ClN4O6. The number of benzene rings is 2. The molecule has 4 bridgehead atoms. The van der Waals surface area contributed by atoms with Gasteiger partial charge in [0.05, 0.1) is 36.0 Å². The lowest BCUT2D eigenvalue weighted by molar-refractivity contribution is -0.576. The summed E-state index contributed by atoms with van der Waals surface area (Å²) < 4.78 is 14.5. The van der Waals surface area contributed by atoms with E-state index >= 15 is 0 Å². The van der Waals surface area contributed by atoms with Crippen LogP contribution in [0.3, 0.4) is 0 Å². The number of methoxy groups -OCH3 is 1. The number of aliphatic carboxylic acids is 1. The van der Waals surface area contributed by atoms with E-state index in [4.69, 9.17) is 26.2 Å². The third kappa shape index (κ3) is 4.68. The molecule has 9 rings (SSSR count). The Morgan fingerprint density at radius 2 is 1.78 bits per heavy atom. The van der Waals surface area contributed by atoms with Crippen molar-refractivity contribution in [1.82, 2.24) is 15.1 Å². The minimum absolute atomic E-state index is 0.0597. The number of amides is 1. The first-order valence-corrected chi connectivity index (χ1v) is 16.4. The summed E-state index contributed by atoms with van der Waals surface area (Å²) in [5.41, 5.74) is 0.699. The molecule has 2 aromatic heterocycles. The number of aromatic nitrogens is 3. The van der Waals surface area contributed by atoms with Crippen LogP contribution in [0.2, 0.25) is 5.02 Å². The van der Waals surface area contributed by atoms with Gasteiger partial charge in [-0.3, -0.25) is 4.79 Å². The Balaban J connectivity index is 1.27. The summed E-state index contributed by atoms with van der Waals surface area (Å²) in [6.45, 7) is 0.552. The molecule has 0 radical (unpaired) electrons. The van der Waals surface area contributed by atoms with Crippen LogP contribution in [0.4, 0.5) is 0 Å². The quantitative estimate of drug-likeness (QED) is 0.175. The molecule has 2 N–H and O–H groups in total. The Kier molecular flexibility index (Phi) is 6.90. The number of rotatable bonds is 9. The summed E-state index contributed by atoms with van der Waals surface area (Å²) in [5.74, 6) is 0.900. The SMILES string of the molecule is COc1cccc(OCC2CC2)c1-c1cc(C(=O)NC2(C(=O)O)C3CC4CC(C3)CC2C4)nn1-c1cc[n+]([O-])c2cc(Cl)ccc12. The number of fused-ring (bicyclic) bond motifs is 1. The first kappa shape index (κ1) is 29.1. The molecule has 1 amide bonds. The lowest BCUT2D eigenvalue weighted by atomic mass is 9.48. The molecule has 11 heteroatoms. The van der Waals surface area contributed by atoms with Crippen molar-refractivity contribution in [3.8, 4) is 28.4 Å². The molecule has 238 valence electrons. The highest BCUT2D eigenvalue weighted by Crippen LogP contribution is 2.58. The largest absolute Gasteiger partial charge is 0.618 e. The van der Waals surface area contributed by atoms with E-state index in [-0.39, 0.29) is 17.5 Å². The van der Waals surface area contributed by atoms with Crippen molar-refractivity contribution in [1.29, 1.82) is 0 Å². The molecular weight excluding hydrogens is 608 g/mol. The molecule has 5 aliphatic carbocycles. The van der Waals surface area contributed by atoms with Crippen molar-refractivity contribution >= 4 is 34.4 Å². The second-order valence-corrected chi connectivity index (χ2v) is 14.0. The zero-order valence-electron chi connectivity index (χ0n) is 25.4. The fraction of sp³-hybridized carbons (Fsp3) is 0.429. The van der Waals surface area contributed by atoms with Crippen LogP contribution in [0.15, 0.2) is 54.7 Å². The van der Waals surface area contributed by atoms with Gasteiger partial charge in [-0.1, -0.05) is 17.7 Å². The monoisotopic (exact) mass is 642 g/mol. The van der Waals surface area contributed by atoms with E-state index in [1.54, 1.807) is 42.1 Å². The second kappa shape index (κ2) is 10.9. The third-order valence-electron chi connectivity index (χ3n) is 10.7. The van der Waals surface area contributed by atoms with E-state index < -0.39 is 17.4 Å². The predicted molar refractivity (Wildman–Crippen MR) is 170 cm³/mol. The van der Waals surface area contributed by atoms with Crippen LogP contribution < -0.4 is 19.5 Å². The van der Waals surface area contributed by atoms with Crippen molar-refractivity contribution in [3.63, 3.8) is 0 Å². The second-order valence-electron chi connectivity index (χ2n) is 13.5. The van der Waals surface area contributed by atoms with Gasteiger partial charge in [-0.2, -0.15) is 9.83 Å². The zero-order chi connectivity index (χ0) is 31.7. The summed E-state index contributed by atoms with van der Waals surface area (Å²) in [6, 6.07) is 13.8. The van der Waals surface area contributed by atoms with Gasteiger partial charge in [0.25, 0.3) is 5.91 Å². The molecule has 5 fully saturated rings. The Labute approximate surface area is 270 Å². The van der Waals surface area contributed by atoms with Crippen molar-refractivity contribution in [2.75, 3.05) is 13.7 Å². The van der Waals surface area contributed by atoms with Gasteiger partial charge in [0, 0.05) is 17.2 Å². The normalized spacial score (nSPS) is 26.3. The molecule has 0 spiro atoms. The standard InChI is InChI=1S/C35H35ClN4O6/c1-45-30-3-2-4-31(46-18-19-5-6-19)32(30)29-17-26(38-40(29)27-9-10-39(44)28-16-24(36)7-8-25(27)28)33(41)37-35(34(42)43)22-12-20-11-21(14-22)15-23(35)13-20/h2-4,7-10,16-17,19-23H,5-6,11-15,18H2,1H3,(H,37,41)(H,42,43). The van der Waals surface area contributed by atoms with Crippen LogP contribution in [0, 0.1) is 34.8 Å². The van der Waals surface area contributed by atoms with Crippen LogP contribution in [-0.2, 0) is 4.79 Å². The van der Waals surface area contributed by atoms with Crippen molar-refractivity contribution in [2.45, 2.75) is 50.5 Å². The zero-order valence-corrected chi connectivity index (χ0v) is 26.2. The first-order valence-electron chi connectivity index (χ1n) is 16.0. The van der Waals surface area contributed by atoms with E-state index in [1.165, 1.54) is 6.20 Å². The van der Waals surface area contributed by atoms with Crippen molar-refractivity contribution in [2.24, 2.45) is 29.6 Å². The minimum Gasteiger partial charge on any atom is -0.618 e. The van der Waals surface area contributed by atoms with Gasteiger partial charge < -0.3 is 25.1 Å². The summed E-state index contributed by atoms with van der Waals surface area (Å²) in [4.78, 5) is 27.3. The Morgan fingerprint density at radius 1 is 1.07 bits per heavy atom. The van der Waals surface area contributed by atoms with E-state index in [0.29, 0.717) is 68.7 Å². The van der Waals surface area contributed by atoms with Gasteiger partial charge in [0.15, 0.2) is 11.9 Å². The third-order valence-corrected chi connectivity index (χ3v) is 11.0. The molecule has 5 saturated carbocycles. The van der Waals surface area contributed by atoms with Gasteiger partial charge in [-0.15, -0.1) is 0 Å². The molecule has 2 heterocycles. The number of hydrogen-bond donors (Lipinski definition) is 2. The van der Waals surface area contributed by atoms with E-state index in [1.807, 2.05) is 18.2 Å². The van der Waals surface area contributed by atoms with Crippen molar-refractivity contribution in [3.05, 3.63) is 70.7 Å². The van der Waals surface area contributed by atoms with E-state index in [0.717, 1.165) is 49.7 Å². The number of carbonyl (C=O) groups excluding carboxylic acids is 1. The Hall–Kier alpha value is -4.31. The van der Waals surface area contributed by atoms with Crippen molar-refractivity contribution < 1.29 is 28.9 Å². The summed E-state index contributed by atoms with van der Waals surface area (Å²) >= 11 is 6.26. The molecule has 0 aliphatic heterocycles. The highest BCUT2D eigenvalue weighted by molar-refractivity contribution is 6.31. The van der Waals surface area contributed by atoms with E-state index in [9.17, 15) is 19.9 Å². The van der Waals surface area contributed by atoms with Gasteiger partial charge in [-0.05, 0) is 105 Å². The summed E-state index contributed by atoms with van der Waals surface area (Å²) in [6.07, 6.45) is 8.03. The molecule has 5 aliphatic rings. The lowest BCUT2D eigenvalue weighted by Crippen LogP contribution is -2.70. The Morgan fingerprint density at radius 3 is 2.46 bits per heavy atom. The fourth-order valence-electron chi connectivity index (χ4n) is 8.58. The number of carboxylic acid groups (broad SMARTS) is 1. The average Bonchev–Trinajstić information content (AvgIpc) is 3.77. The van der Waals surface area contributed by atoms with Crippen LogP contribution in [0.5, 0.6) is 11.5 Å². The van der Waals surface area contributed by atoms with Crippen LogP contribution in [-0.4, -0.2) is 46.0 Å². The highest BCUT2D eigenvalue weighted by atomic mass is 35.5. The maximum atomic E-state index is 14.2. The topological polar surface area (TPSA) is 130 Å². The molecule has 0 saturated heterocycles. The van der Waals surface area contributed by atoms with Crippen LogP contribution in [0.25, 0.3) is 27.8 Å². The molecule has 0 atom stereocenters. The number of carboxylic acids is 1. The number of carbonyl (C=O) groups is 2. The van der Waals surface area contributed by atoms with E-state index in [2.05, 4.69) is 5.32 Å². The number of ether oxygens (including phenoxy) is 2. The number of nitrogens with zero attached hydrogens (tertiary/aromatic N) is 3. The maximum absolute atomic E-state index is 14.2. The smallest absolute Gasteiger partial charge is 0.330 e. The number of hydrogen-bond acceptors (Lipinski definition) is 6. The van der Waals surface area contributed by atoms with Crippen LogP contribution >= 0.6 is 11.6 Å². The maximum Gasteiger partial charge on any atom is 0.330 e. The Bertz CT molecular complexity index is 1860. The predicted octanol–water partition coefficient (Wildman–Crippen LogP) is 5.79. The molecule has 10 nitrogen and oxygen atoms in total. The van der Waals surface area contributed by atoms with Gasteiger partial charge >= 0.3 is 5.97 Å². The first-order chi connectivity index (χ1) is 22.2. The molecule has 46 heavy (non-hydrogen) atoms. The van der Waals surface area contributed by atoms with Gasteiger partial charge in [-0.25, -0.2) is 9.48 Å². The summed E-state index contributed by atoms with van der Waals surface area (Å²) in [7, 11) is 1.57. The van der Waals surface area contributed by atoms with Crippen LogP contribution in [0.1, 0.15) is 55.4 Å².